The van der Waals surface area contributed by atoms with Crippen LogP contribution in [0.3, 0.4) is 0 Å². The van der Waals surface area contributed by atoms with E-state index in [0.29, 0.717) is 11.2 Å². The molecule has 3 rings (SSSR count). The van der Waals surface area contributed by atoms with E-state index in [9.17, 15) is 4.79 Å². The van der Waals surface area contributed by atoms with E-state index < -0.39 is 0 Å². The Labute approximate surface area is 121 Å². The first-order valence-electron chi connectivity index (χ1n) is 6.75. The summed E-state index contributed by atoms with van der Waals surface area (Å²) in [6.07, 6.45) is 3.08. The van der Waals surface area contributed by atoms with Gasteiger partial charge < -0.3 is 10.1 Å². The molecule has 1 aliphatic carbocycles. The smallest absolute Gasteiger partial charge is 0.231 e. The van der Waals surface area contributed by atoms with Crippen LogP contribution < -0.4 is 10.1 Å². The van der Waals surface area contributed by atoms with Gasteiger partial charge in [-0.3, -0.25) is 4.79 Å². The van der Waals surface area contributed by atoms with Gasteiger partial charge in [-0.1, -0.05) is 34.1 Å². The van der Waals surface area contributed by atoms with Gasteiger partial charge in [0.15, 0.2) is 0 Å². The molecule has 0 saturated heterocycles. The third-order valence-corrected chi connectivity index (χ3v) is 4.86. The van der Waals surface area contributed by atoms with Gasteiger partial charge in [0.05, 0.1) is 11.4 Å². The van der Waals surface area contributed by atoms with E-state index in [2.05, 4.69) is 40.3 Å². The van der Waals surface area contributed by atoms with Crippen molar-refractivity contribution in [1.82, 2.24) is 5.32 Å². The first kappa shape index (κ1) is 13.0. The van der Waals surface area contributed by atoms with Gasteiger partial charge in [0, 0.05) is 0 Å². The number of ether oxygens (including phenoxy) is 1. The van der Waals surface area contributed by atoms with Crippen molar-refractivity contribution in [2.75, 3.05) is 5.33 Å². The Hall–Kier alpha value is -1.03. The van der Waals surface area contributed by atoms with Crippen LogP contribution in [0.5, 0.6) is 5.75 Å². The summed E-state index contributed by atoms with van der Waals surface area (Å²) in [6.45, 7) is 2.12. The number of benzene rings is 1. The lowest BCUT2D eigenvalue weighted by Gasteiger charge is -2.48. The summed E-state index contributed by atoms with van der Waals surface area (Å²) in [6, 6.07) is 8.38. The van der Waals surface area contributed by atoms with Crippen molar-refractivity contribution in [3.05, 3.63) is 29.8 Å². The highest BCUT2D eigenvalue weighted by molar-refractivity contribution is 9.09. The van der Waals surface area contributed by atoms with E-state index in [1.165, 1.54) is 5.56 Å². The van der Waals surface area contributed by atoms with Gasteiger partial charge in [-0.05, 0) is 43.7 Å². The zero-order valence-electron chi connectivity index (χ0n) is 11.0. The maximum atomic E-state index is 11.6. The fourth-order valence-electron chi connectivity index (χ4n) is 3.40. The summed E-state index contributed by atoms with van der Waals surface area (Å²) in [7, 11) is 0. The molecule has 0 radical (unpaired) electrons. The van der Waals surface area contributed by atoms with Gasteiger partial charge in [-0.15, -0.1) is 0 Å². The minimum atomic E-state index is -0.283. The summed E-state index contributed by atoms with van der Waals surface area (Å²) in [5, 5.41) is 3.43. The first-order chi connectivity index (χ1) is 9.12. The van der Waals surface area contributed by atoms with Crippen molar-refractivity contribution in [1.29, 1.82) is 0 Å². The Balaban J connectivity index is 1.88. The minimum absolute atomic E-state index is 0.0344. The van der Waals surface area contributed by atoms with Crippen molar-refractivity contribution >= 4 is 21.8 Å². The van der Waals surface area contributed by atoms with E-state index in [4.69, 9.17) is 4.74 Å². The number of para-hydroxylation sites is 1. The molecule has 1 N–H and O–H groups in total. The van der Waals surface area contributed by atoms with E-state index in [0.717, 1.165) is 25.0 Å². The Kier molecular flexibility index (Phi) is 3.29. The number of fused-ring (bicyclic) bond motifs is 4. The molecule has 1 heterocycles. The number of halogens is 1. The number of hydrogen-bond donors (Lipinski definition) is 1. The number of amides is 1. The van der Waals surface area contributed by atoms with Crippen LogP contribution in [0.1, 0.15) is 37.7 Å². The largest absolute Gasteiger partial charge is 0.485 e. The van der Waals surface area contributed by atoms with Crippen molar-refractivity contribution in [2.45, 2.75) is 43.7 Å². The van der Waals surface area contributed by atoms with Crippen LogP contribution in [-0.4, -0.2) is 22.9 Å². The Bertz CT molecular complexity index is 505. The topological polar surface area (TPSA) is 38.3 Å². The van der Waals surface area contributed by atoms with Crippen molar-refractivity contribution in [2.24, 2.45) is 0 Å². The maximum absolute atomic E-state index is 11.6. The molecule has 3 nitrogen and oxygen atoms in total. The molecule has 1 saturated carbocycles. The lowest BCUT2D eigenvalue weighted by molar-refractivity contribution is -0.122. The monoisotopic (exact) mass is 323 g/mol. The fraction of sp³-hybridized carbons (Fsp3) is 0.533. The molecular weight excluding hydrogens is 306 g/mol. The Morgan fingerprint density at radius 1 is 1.47 bits per heavy atom. The van der Waals surface area contributed by atoms with Crippen molar-refractivity contribution in [3.8, 4) is 5.75 Å². The fourth-order valence-corrected chi connectivity index (χ4v) is 3.57. The van der Waals surface area contributed by atoms with Gasteiger partial charge in [0.1, 0.15) is 11.4 Å². The van der Waals surface area contributed by atoms with Gasteiger partial charge in [-0.2, -0.15) is 0 Å². The highest BCUT2D eigenvalue weighted by Crippen LogP contribution is 2.48. The number of nitrogens with one attached hydrogen (secondary N) is 1. The molecule has 2 aliphatic rings. The van der Waals surface area contributed by atoms with Crippen molar-refractivity contribution in [3.63, 3.8) is 0 Å². The van der Waals surface area contributed by atoms with Crippen LogP contribution in [0.4, 0.5) is 0 Å². The van der Waals surface area contributed by atoms with E-state index in [-0.39, 0.29) is 17.6 Å². The third-order valence-electron chi connectivity index (χ3n) is 4.35. The second-order valence-corrected chi connectivity index (χ2v) is 6.25. The summed E-state index contributed by atoms with van der Waals surface area (Å²) < 4.78 is 6.22. The number of rotatable bonds is 2. The Morgan fingerprint density at radius 2 is 2.26 bits per heavy atom. The minimum Gasteiger partial charge on any atom is -0.485 e. The molecule has 102 valence electrons. The zero-order chi connectivity index (χ0) is 13.5. The molecule has 4 heteroatoms. The van der Waals surface area contributed by atoms with Gasteiger partial charge in [0.25, 0.3) is 0 Å². The normalized spacial score (nSPS) is 32.1. The molecular formula is C15H18BrNO2. The zero-order valence-corrected chi connectivity index (χ0v) is 12.6. The van der Waals surface area contributed by atoms with E-state index in [1.54, 1.807) is 0 Å². The summed E-state index contributed by atoms with van der Waals surface area (Å²) in [5.41, 5.74) is 1.04. The third kappa shape index (κ3) is 2.27. The standard InChI is InChI=1S/C15H18BrNO2/c1-15-8-10(6-7-13(15)17-14(18)9-16)11-4-2-3-5-12(11)19-15/h2-5,10,13H,6-9H2,1H3,(H,17,18). The summed E-state index contributed by atoms with van der Waals surface area (Å²) >= 11 is 3.20. The number of carbonyl (C=O) groups excluding carboxylic acids is 1. The molecule has 1 fully saturated rings. The molecule has 19 heavy (non-hydrogen) atoms. The van der Waals surface area contributed by atoms with Gasteiger partial charge in [-0.25, -0.2) is 0 Å². The predicted molar refractivity (Wildman–Crippen MR) is 77.8 cm³/mol. The average Bonchev–Trinajstić information content (AvgIpc) is 2.41. The van der Waals surface area contributed by atoms with Crippen LogP contribution >= 0.6 is 15.9 Å². The highest BCUT2D eigenvalue weighted by Gasteiger charge is 2.47. The highest BCUT2D eigenvalue weighted by atomic mass is 79.9. The van der Waals surface area contributed by atoms with Crippen LogP contribution in [0.2, 0.25) is 0 Å². The van der Waals surface area contributed by atoms with Crippen LogP contribution in [-0.2, 0) is 4.79 Å². The molecule has 3 atom stereocenters. The van der Waals surface area contributed by atoms with Crippen LogP contribution in [0.15, 0.2) is 24.3 Å². The summed E-state index contributed by atoms with van der Waals surface area (Å²) in [5.74, 6) is 1.58. The van der Waals surface area contributed by atoms with E-state index in [1.807, 2.05) is 12.1 Å². The maximum Gasteiger partial charge on any atom is 0.231 e. The lowest BCUT2D eigenvalue weighted by Crippen LogP contribution is -2.58. The molecule has 0 spiro atoms. The van der Waals surface area contributed by atoms with Gasteiger partial charge >= 0.3 is 0 Å². The molecule has 1 amide bonds. The van der Waals surface area contributed by atoms with Crippen molar-refractivity contribution < 1.29 is 9.53 Å². The number of hydrogen-bond acceptors (Lipinski definition) is 2. The predicted octanol–water partition coefficient (Wildman–Crippen LogP) is 2.98. The molecule has 0 aromatic heterocycles. The molecule has 3 unspecified atom stereocenters. The van der Waals surface area contributed by atoms with Crippen LogP contribution in [0.25, 0.3) is 0 Å². The first-order valence-corrected chi connectivity index (χ1v) is 7.88. The molecule has 2 bridgehead atoms. The number of alkyl halides is 1. The lowest BCUT2D eigenvalue weighted by atomic mass is 9.71. The van der Waals surface area contributed by atoms with E-state index >= 15 is 0 Å². The van der Waals surface area contributed by atoms with Gasteiger partial charge in [0.2, 0.25) is 5.91 Å². The molecule has 1 aromatic rings. The Morgan fingerprint density at radius 3 is 3.05 bits per heavy atom. The SMILES string of the molecule is CC12CC(CCC1NC(=O)CBr)c1ccccc1O2. The second-order valence-electron chi connectivity index (χ2n) is 5.68. The quantitative estimate of drug-likeness (QED) is 0.850. The number of carbonyl (C=O) groups is 1. The molecule has 1 aromatic carbocycles. The van der Waals surface area contributed by atoms with Crippen LogP contribution in [0, 0.1) is 0 Å². The summed E-state index contributed by atoms with van der Waals surface area (Å²) in [4.78, 5) is 11.6. The average molecular weight is 324 g/mol. The second kappa shape index (κ2) is 4.82. The molecule has 1 aliphatic heterocycles.